The Morgan fingerprint density at radius 3 is 2.40 bits per heavy atom. The summed E-state index contributed by atoms with van der Waals surface area (Å²) >= 11 is 6.20. The van der Waals surface area contributed by atoms with Crippen LogP contribution in [0.5, 0.6) is 0 Å². The van der Waals surface area contributed by atoms with Crippen LogP contribution in [0, 0.1) is 20.8 Å². The number of rotatable bonds is 7. The van der Waals surface area contributed by atoms with Gasteiger partial charge in [0.15, 0.2) is 0 Å². The van der Waals surface area contributed by atoms with E-state index in [1.807, 2.05) is 67.9 Å². The number of anilines is 1. The van der Waals surface area contributed by atoms with E-state index in [0.717, 1.165) is 28.2 Å². The van der Waals surface area contributed by atoms with Gasteiger partial charge in [0.1, 0.15) is 10.7 Å². The van der Waals surface area contributed by atoms with Gasteiger partial charge in [0.05, 0.1) is 10.7 Å². The number of hydrogen-bond donors (Lipinski definition) is 2. The van der Waals surface area contributed by atoms with Gasteiger partial charge in [0.2, 0.25) is 0 Å². The van der Waals surface area contributed by atoms with Crippen LogP contribution >= 0.6 is 11.6 Å². The average molecular weight is 509 g/mol. The van der Waals surface area contributed by atoms with Crippen molar-refractivity contribution in [3.05, 3.63) is 106 Å². The van der Waals surface area contributed by atoms with Crippen LogP contribution in [0.2, 0.25) is 5.02 Å². The van der Waals surface area contributed by atoms with E-state index in [1.54, 1.807) is 12.3 Å². The zero-order chi connectivity index (χ0) is 25.2. The lowest BCUT2D eigenvalue weighted by Gasteiger charge is -2.13. The highest BCUT2D eigenvalue weighted by molar-refractivity contribution is 7.92. The second-order valence-electron chi connectivity index (χ2n) is 8.26. The first-order valence-electron chi connectivity index (χ1n) is 10.9. The minimum Gasteiger partial charge on any atom is -0.348 e. The molecule has 35 heavy (non-hydrogen) atoms. The Hall–Kier alpha value is -3.62. The Morgan fingerprint density at radius 2 is 1.74 bits per heavy atom. The predicted octanol–water partition coefficient (Wildman–Crippen LogP) is 5.18. The Bertz CT molecular complexity index is 1500. The number of halogens is 1. The lowest BCUT2D eigenvalue weighted by molar-refractivity contribution is 0.0950. The van der Waals surface area contributed by atoms with Crippen molar-refractivity contribution in [2.24, 2.45) is 0 Å². The number of amides is 1. The number of nitrogens with one attached hydrogen (secondary N) is 2. The maximum atomic E-state index is 13.0. The summed E-state index contributed by atoms with van der Waals surface area (Å²) in [7, 11) is -4.00. The summed E-state index contributed by atoms with van der Waals surface area (Å²) in [4.78, 5) is 16.8. The SMILES string of the molecule is Cc1ccc(NS(=O)(=O)c2cc(C(=O)NCc3ccc(-n4ccnc4C)cc3)ccc2Cl)c(C)c1. The summed E-state index contributed by atoms with van der Waals surface area (Å²) in [6.45, 7) is 5.96. The molecule has 0 fully saturated rings. The maximum Gasteiger partial charge on any atom is 0.263 e. The summed E-state index contributed by atoms with van der Waals surface area (Å²) in [6, 6.07) is 17.3. The molecule has 0 aliphatic carbocycles. The first-order valence-corrected chi connectivity index (χ1v) is 12.8. The van der Waals surface area contributed by atoms with E-state index < -0.39 is 15.9 Å². The third-order valence-corrected chi connectivity index (χ3v) is 7.45. The largest absolute Gasteiger partial charge is 0.348 e. The number of aromatic nitrogens is 2. The van der Waals surface area contributed by atoms with E-state index in [0.29, 0.717) is 5.69 Å². The molecule has 1 aromatic heterocycles. The van der Waals surface area contributed by atoms with Crippen LogP contribution in [0.15, 0.2) is 78.0 Å². The Labute approximate surface area is 209 Å². The molecular weight excluding hydrogens is 484 g/mol. The fourth-order valence-corrected chi connectivity index (χ4v) is 5.35. The van der Waals surface area contributed by atoms with Crippen LogP contribution in [0.25, 0.3) is 5.69 Å². The molecule has 0 radical (unpaired) electrons. The maximum absolute atomic E-state index is 13.0. The topological polar surface area (TPSA) is 93.1 Å². The zero-order valence-electron chi connectivity index (χ0n) is 19.5. The predicted molar refractivity (Wildman–Crippen MR) is 138 cm³/mol. The van der Waals surface area contributed by atoms with Crippen molar-refractivity contribution in [3.63, 3.8) is 0 Å². The number of nitrogens with zero attached hydrogens (tertiary/aromatic N) is 2. The molecule has 4 aromatic rings. The van der Waals surface area contributed by atoms with E-state index in [2.05, 4.69) is 15.0 Å². The molecule has 0 atom stereocenters. The van der Waals surface area contributed by atoms with Crippen LogP contribution in [0.4, 0.5) is 5.69 Å². The van der Waals surface area contributed by atoms with Gasteiger partial charge in [-0.25, -0.2) is 13.4 Å². The Balaban J connectivity index is 1.48. The highest BCUT2D eigenvalue weighted by atomic mass is 35.5. The van der Waals surface area contributed by atoms with Gasteiger partial charge >= 0.3 is 0 Å². The molecule has 4 rings (SSSR count). The molecular formula is C26H25ClN4O3S. The lowest BCUT2D eigenvalue weighted by Crippen LogP contribution is -2.23. The smallest absolute Gasteiger partial charge is 0.263 e. The van der Waals surface area contributed by atoms with Crippen LogP contribution in [-0.2, 0) is 16.6 Å². The highest BCUT2D eigenvalue weighted by Crippen LogP contribution is 2.27. The van der Waals surface area contributed by atoms with Gasteiger partial charge in [-0.2, -0.15) is 0 Å². The van der Waals surface area contributed by atoms with E-state index in [9.17, 15) is 13.2 Å². The quantitative estimate of drug-likeness (QED) is 0.359. The molecule has 0 saturated heterocycles. The molecule has 0 aliphatic rings. The van der Waals surface area contributed by atoms with Crippen LogP contribution in [0.3, 0.4) is 0 Å². The molecule has 0 saturated carbocycles. The number of carbonyl (C=O) groups is 1. The fourth-order valence-electron chi connectivity index (χ4n) is 3.69. The molecule has 180 valence electrons. The van der Waals surface area contributed by atoms with Crippen molar-refractivity contribution >= 4 is 33.2 Å². The Kier molecular flexibility index (Phi) is 6.95. The number of carbonyl (C=O) groups excluding carboxylic acids is 1. The summed E-state index contributed by atoms with van der Waals surface area (Å²) in [6.07, 6.45) is 3.62. The first-order chi connectivity index (χ1) is 16.6. The van der Waals surface area contributed by atoms with Gasteiger partial charge in [0.25, 0.3) is 15.9 Å². The van der Waals surface area contributed by atoms with Crippen molar-refractivity contribution in [1.29, 1.82) is 0 Å². The number of sulfonamides is 1. The average Bonchev–Trinajstić information content (AvgIpc) is 3.25. The second kappa shape index (κ2) is 9.93. The normalized spacial score (nSPS) is 11.3. The van der Waals surface area contributed by atoms with Crippen LogP contribution in [-0.4, -0.2) is 23.9 Å². The number of imidazole rings is 1. The third kappa shape index (κ3) is 5.55. The van der Waals surface area contributed by atoms with Gasteiger partial charge in [-0.3, -0.25) is 9.52 Å². The molecule has 0 bridgehead atoms. The minimum atomic E-state index is -4.00. The number of benzene rings is 3. The second-order valence-corrected chi connectivity index (χ2v) is 10.3. The van der Waals surface area contributed by atoms with Crippen molar-refractivity contribution in [2.45, 2.75) is 32.2 Å². The molecule has 2 N–H and O–H groups in total. The van der Waals surface area contributed by atoms with Crippen molar-refractivity contribution < 1.29 is 13.2 Å². The summed E-state index contributed by atoms with van der Waals surface area (Å²) in [5, 5.41) is 2.86. The lowest BCUT2D eigenvalue weighted by atomic mass is 10.1. The summed E-state index contributed by atoms with van der Waals surface area (Å²) in [5.41, 5.74) is 4.33. The standard InChI is InChI=1S/C26H25ClN4O3S/c1-17-4-11-24(18(2)14-17)30-35(33,34)25-15-21(7-10-23(25)27)26(32)29-16-20-5-8-22(9-6-20)31-13-12-28-19(31)3/h4-15,30H,16H2,1-3H3,(H,29,32). The molecule has 0 aliphatic heterocycles. The Morgan fingerprint density at radius 1 is 1.00 bits per heavy atom. The number of hydrogen-bond acceptors (Lipinski definition) is 4. The molecule has 0 spiro atoms. The summed E-state index contributed by atoms with van der Waals surface area (Å²) in [5.74, 6) is 0.478. The van der Waals surface area contributed by atoms with Crippen LogP contribution < -0.4 is 10.0 Å². The van der Waals surface area contributed by atoms with Crippen molar-refractivity contribution in [3.8, 4) is 5.69 Å². The van der Waals surface area contributed by atoms with E-state index >= 15 is 0 Å². The van der Waals surface area contributed by atoms with Gasteiger partial charge in [-0.1, -0.05) is 41.4 Å². The molecule has 0 unspecified atom stereocenters. The molecule has 7 nitrogen and oxygen atoms in total. The minimum absolute atomic E-state index is 0.0317. The van der Waals surface area contributed by atoms with E-state index in [4.69, 9.17) is 11.6 Å². The van der Waals surface area contributed by atoms with E-state index in [1.165, 1.54) is 18.2 Å². The van der Waals surface area contributed by atoms with Gasteiger partial charge in [-0.05, 0) is 68.3 Å². The van der Waals surface area contributed by atoms with Crippen molar-refractivity contribution in [2.75, 3.05) is 4.72 Å². The fraction of sp³-hybridized carbons (Fsp3) is 0.154. The van der Waals surface area contributed by atoms with Gasteiger partial charge < -0.3 is 9.88 Å². The number of aryl methyl sites for hydroxylation is 3. The molecule has 9 heteroatoms. The van der Waals surface area contributed by atoms with Gasteiger partial charge in [-0.15, -0.1) is 0 Å². The third-order valence-electron chi connectivity index (χ3n) is 5.60. The van der Waals surface area contributed by atoms with E-state index in [-0.39, 0.29) is 22.0 Å². The van der Waals surface area contributed by atoms with Crippen molar-refractivity contribution in [1.82, 2.24) is 14.9 Å². The molecule has 1 heterocycles. The first kappa shape index (κ1) is 24.5. The molecule has 1 amide bonds. The zero-order valence-corrected chi connectivity index (χ0v) is 21.1. The monoisotopic (exact) mass is 508 g/mol. The van der Waals surface area contributed by atoms with Gasteiger partial charge in [0, 0.05) is 30.2 Å². The highest BCUT2D eigenvalue weighted by Gasteiger charge is 2.21. The molecule has 3 aromatic carbocycles. The van der Waals surface area contributed by atoms with Crippen LogP contribution in [0.1, 0.15) is 32.9 Å². The summed E-state index contributed by atoms with van der Waals surface area (Å²) < 4.78 is 30.6.